The van der Waals surface area contributed by atoms with Crippen molar-refractivity contribution in [1.29, 1.82) is 10.8 Å². The molecule has 0 aliphatic heterocycles. The Labute approximate surface area is 201 Å². The summed E-state index contributed by atoms with van der Waals surface area (Å²) >= 11 is 5.21. The van der Waals surface area contributed by atoms with Crippen LogP contribution in [-0.4, -0.2) is 38.6 Å². The Kier molecular flexibility index (Phi) is 8.20. The standard InChI is InChI=1S/C24H26ClN5O2S/c1-14(2)33(31)19-9-7-16(8-10-19)21-13-29-15(3)22(30-21)24(27)32-23(26)17-5-6-18(12-28-4)20(25)11-17/h5-11,13-14,26-28H,12H2,1-4H3. The molecule has 1 heterocycles. The van der Waals surface area contributed by atoms with Crippen LogP contribution >= 0.6 is 11.6 Å². The van der Waals surface area contributed by atoms with Crippen molar-refractivity contribution in [3.8, 4) is 11.3 Å². The summed E-state index contributed by atoms with van der Waals surface area (Å²) in [5.41, 5.74) is 3.45. The summed E-state index contributed by atoms with van der Waals surface area (Å²) in [4.78, 5) is 9.63. The Morgan fingerprint density at radius 2 is 1.85 bits per heavy atom. The molecule has 0 bridgehead atoms. The summed E-state index contributed by atoms with van der Waals surface area (Å²) in [5.74, 6) is -0.482. The Bertz CT molecular complexity index is 1170. The molecule has 33 heavy (non-hydrogen) atoms. The minimum Gasteiger partial charge on any atom is -0.611 e. The van der Waals surface area contributed by atoms with Gasteiger partial charge in [-0.2, -0.15) is 0 Å². The maximum atomic E-state index is 12.3. The van der Waals surface area contributed by atoms with E-state index in [2.05, 4.69) is 15.3 Å². The Morgan fingerprint density at radius 3 is 2.45 bits per heavy atom. The average Bonchev–Trinajstić information content (AvgIpc) is 2.80. The second-order valence-corrected chi connectivity index (χ2v) is 10.1. The molecular formula is C24H26ClN5O2S. The van der Waals surface area contributed by atoms with Crippen LogP contribution in [0.1, 0.15) is 36.4 Å². The van der Waals surface area contributed by atoms with E-state index >= 15 is 0 Å². The highest BCUT2D eigenvalue weighted by atomic mass is 35.5. The molecule has 172 valence electrons. The largest absolute Gasteiger partial charge is 0.611 e. The Morgan fingerprint density at radius 1 is 1.15 bits per heavy atom. The first-order chi connectivity index (χ1) is 15.7. The molecule has 0 amide bonds. The van der Waals surface area contributed by atoms with E-state index in [0.717, 1.165) is 16.0 Å². The molecule has 1 unspecified atom stereocenters. The third-order valence-electron chi connectivity index (χ3n) is 4.87. The summed E-state index contributed by atoms with van der Waals surface area (Å²) in [6.07, 6.45) is 1.62. The topological polar surface area (TPSA) is 118 Å². The SMILES string of the molecule is CNCc1ccc(C(=N)OC(=N)c2nc(-c3ccc([S+]([O-])C(C)C)cc3)cnc2C)cc1Cl. The lowest BCUT2D eigenvalue weighted by atomic mass is 10.1. The lowest BCUT2D eigenvalue weighted by molar-refractivity contribution is 0.534. The van der Waals surface area contributed by atoms with Gasteiger partial charge in [-0.3, -0.25) is 15.8 Å². The molecule has 3 rings (SSSR count). The van der Waals surface area contributed by atoms with E-state index in [9.17, 15) is 4.55 Å². The van der Waals surface area contributed by atoms with Crippen molar-refractivity contribution in [2.75, 3.05) is 7.05 Å². The molecule has 2 aromatic carbocycles. The predicted octanol–water partition coefficient (Wildman–Crippen LogP) is 4.71. The van der Waals surface area contributed by atoms with E-state index in [0.29, 0.717) is 28.5 Å². The number of nitrogens with zero attached hydrogens (tertiary/aromatic N) is 2. The zero-order valence-corrected chi connectivity index (χ0v) is 20.5. The number of aryl methyl sites for hydroxylation is 1. The first-order valence-corrected chi connectivity index (χ1v) is 11.9. The zero-order chi connectivity index (χ0) is 24.1. The molecule has 0 saturated heterocycles. The Hall–Kier alpha value is -2.78. The van der Waals surface area contributed by atoms with Gasteiger partial charge in [-0.25, -0.2) is 4.98 Å². The van der Waals surface area contributed by atoms with Crippen molar-refractivity contribution < 1.29 is 9.29 Å². The van der Waals surface area contributed by atoms with Gasteiger partial charge in [0, 0.05) is 22.7 Å². The van der Waals surface area contributed by atoms with Crippen molar-refractivity contribution >= 4 is 34.6 Å². The number of ether oxygens (including phenoxy) is 1. The summed E-state index contributed by atoms with van der Waals surface area (Å²) in [5, 5.41) is 20.2. The van der Waals surface area contributed by atoms with Gasteiger partial charge in [0.15, 0.2) is 4.90 Å². The maximum Gasteiger partial charge on any atom is 0.241 e. The number of hydrogen-bond donors (Lipinski definition) is 3. The molecule has 0 fully saturated rings. The Balaban J connectivity index is 1.79. The highest BCUT2D eigenvalue weighted by Crippen LogP contribution is 2.23. The van der Waals surface area contributed by atoms with Crippen LogP contribution in [0.25, 0.3) is 11.3 Å². The van der Waals surface area contributed by atoms with Crippen LogP contribution in [0, 0.1) is 17.7 Å². The minimum atomic E-state index is -1.07. The van der Waals surface area contributed by atoms with Gasteiger partial charge in [0.1, 0.15) is 10.9 Å². The molecule has 1 aromatic heterocycles. The number of hydrogen-bond acceptors (Lipinski definition) is 7. The van der Waals surface area contributed by atoms with Crippen LogP contribution in [0.15, 0.2) is 53.6 Å². The molecule has 0 aliphatic carbocycles. The minimum absolute atomic E-state index is 0.0314. The molecule has 0 radical (unpaired) electrons. The molecule has 3 N–H and O–H groups in total. The lowest BCUT2D eigenvalue weighted by Crippen LogP contribution is -2.17. The third-order valence-corrected chi connectivity index (χ3v) is 6.81. The van der Waals surface area contributed by atoms with Gasteiger partial charge < -0.3 is 14.6 Å². The predicted molar refractivity (Wildman–Crippen MR) is 133 cm³/mol. The quantitative estimate of drug-likeness (QED) is 0.255. The van der Waals surface area contributed by atoms with Crippen molar-refractivity contribution in [2.45, 2.75) is 37.5 Å². The van der Waals surface area contributed by atoms with Crippen molar-refractivity contribution in [3.63, 3.8) is 0 Å². The van der Waals surface area contributed by atoms with E-state index in [1.807, 2.05) is 51.2 Å². The number of aromatic nitrogens is 2. The summed E-state index contributed by atoms with van der Waals surface area (Å²) in [7, 11) is 1.83. The number of rotatable bonds is 7. The molecule has 0 aliphatic rings. The van der Waals surface area contributed by atoms with Crippen LogP contribution in [0.4, 0.5) is 0 Å². The first-order valence-electron chi connectivity index (χ1n) is 10.3. The van der Waals surface area contributed by atoms with Gasteiger partial charge >= 0.3 is 0 Å². The first kappa shape index (κ1) is 24.9. The molecule has 3 aromatic rings. The summed E-state index contributed by atoms with van der Waals surface area (Å²) in [6.45, 7) is 6.16. The zero-order valence-electron chi connectivity index (χ0n) is 18.9. The van der Waals surface area contributed by atoms with Crippen LogP contribution in [0.2, 0.25) is 5.02 Å². The fourth-order valence-electron chi connectivity index (χ4n) is 3.07. The second kappa shape index (κ2) is 10.9. The smallest absolute Gasteiger partial charge is 0.241 e. The monoisotopic (exact) mass is 483 g/mol. The fourth-order valence-corrected chi connectivity index (χ4v) is 4.26. The summed E-state index contributed by atoms with van der Waals surface area (Å²) in [6, 6.07) is 12.5. The molecular weight excluding hydrogens is 458 g/mol. The number of nitrogens with one attached hydrogen (secondary N) is 3. The molecule has 9 heteroatoms. The van der Waals surface area contributed by atoms with Gasteiger partial charge in [-0.1, -0.05) is 17.7 Å². The fraction of sp³-hybridized carbons (Fsp3) is 0.250. The molecule has 7 nitrogen and oxygen atoms in total. The van der Waals surface area contributed by atoms with Gasteiger partial charge in [-0.15, -0.1) is 0 Å². The van der Waals surface area contributed by atoms with Crippen LogP contribution in [-0.2, 0) is 22.5 Å². The average molecular weight is 484 g/mol. The van der Waals surface area contributed by atoms with Crippen molar-refractivity contribution in [2.24, 2.45) is 0 Å². The van der Waals surface area contributed by atoms with Crippen LogP contribution in [0.3, 0.4) is 0 Å². The second-order valence-electron chi connectivity index (χ2n) is 7.66. The van der Waals surface area contributed by atoms with Crippen LogP contribution in [0.5, 0.6) is 0 Å². The van der Waals surface area contributed by atoms with E-state index in [4.69, 9.17) is 27.2 Å². The number of halogens is 1. The molecule has 0 saturated carbocycles. The normalized spacial score (nSPS) is 12.0. The van der Waals surface area contributed by atoms with Gasteiger partial charge in [0.2, 0.25) is 11.8 Å². The highest BCUT2D eigenvalue weighted by Gasteiger charge is 2.18. The number of benzene rings is 2. The van der Waals surface area contributed by atoms with Gasteiger partial charge in [0.05, 0.1) is 17.6 Å². The van der Waals surface area contributed by atoms with Crippen molar-refractivity contribution in [1.82, 2.24) is 15.3 Å². The summed E-state index contributed by atoms with van der Waals surface area (Å²) < 4.78 is 17.8. The van der Waals surface area contributed by atoms with E-state index in [1.165, 1.54) is 0 Å². The van der Waals surface area contributed by atoms with Gasteiger partial charge in [0.25, 0.3) is 0 Å². The third kappa shape index (κ3) is 5.97. The molecule has 0 spiro atoms. The maximum absolute atomic E-state index is 12.3. The highest BCUT2D eigenvalue weighted by molar-refractivity contribution is 7.92. The van der Waals surface area contributed by atoms with Crippen LogP contribution < -0.4 is 5.32 Å². The van der Waals surface area contributed by atoms with Crippen molar-refractivity contribution in [3.05, 3.63) is 76.2 Å². The van der Waals surface area contributed by atoms with Gasteiger partial charge in [-0.05, 0) is 81.0 Å². The van der Waals surface area contributed by atoms with E-state index < -0.39 is 11.2 Å². The van der Waals surface area contributed by atoms with E-state index in [1.54, 1.807) is 25.3 Å². The lowest BCUT2D eigenvalue weighted by Gasteiger charge is -2.14. The van der Waals surface area contributed by atoms with E-state index in [-0.39, 0.29) is 22.7 Å². The molecule has 1 atom stereocenters.